The molecule has 0 aliphatic carbocycles. The van der Waals surface area contributed by atoms with Crippen molar-refractivity contribution in [2.75, 3.05) is 50.3 Å². The number of thiophene rings is 1. The summed E-state index contributed by atoms with van der Waals surface area (Å²) in [7, 11) is 1.00. The third kappa shape index (κ3) is 6.02. The van der Waals surface area contributed by atoms with Gasteiger partial charge in [-0.2, -0.15) is 0 Å². The Kier molecular flexibility index (Phi) is 9.20. The van der Waals surface area contributed by atoms with Gasteiger partial charge in [0.2, 0.25) is 5.91 Å². The van der Waals surface area contributed by atoms with Crippen molar-refractivity contribution in [1.82, 2.24) is 5.32 Å². The van der Waals surface area contributed by atoms with Crippen LogP contribution in [0.15, 0.2) is 34.1 Å². The zero-order valence-corrected chi connectivity index (χ0v) is 21.5. The zero-order valence-electron chi connectivity index (χ0n) is 19.1. The summed E-state index contributed by atoms with van der Waals surface area (Å²) in [5.41, 5.74) is 1.11. The number of carbonyl (C=O) groups is 3. The molecule has 0 spiro atoms. The lowest BCUT2D eigenvalue weighted by Crippen LogP contribution is -2.57. The van der Waals surface area contributed by atoms with E-state index in [1.54, 1.807) is 23.1 Å². The molecule has 34 heavy (non-hydrogen) atoms. The Morgan fingerprint density at radius 2 is 1.94 bits per heavy atom. The largest absolute Gasteiger partial charge is 0.400 e. The fourth-order valence-corrected chi connectivity index (χ4v) is 5.11. The van der Waals surface area contributed by atoms with Gasteiger partial charge < -0.3 is 30.1 Å². The Morgan fingerprint density at radius 3 is 2.59 bits per heavy atom. The predicted octanol–water partition coefficient (Wildman–Crippen LogP) is 2.71. The van der Waals surface area contributed by atoms with Gasteiger partial charge >= 0.3 is 0 Å². The molecular formula is C23H28BrN3O6S. The van der Waals surface area contributed by atoms with Gasteiger partial charge in [-0.15, -0.1) is 11.3 Å². The van der Waals surface area contributed by atoms with Gasteiger partial charge in [-0.3, -0.25) is 14.4 Å². The number of halogens is 1. The van der Waals surface area contributed by atoms with Crippen LogP contribution in [0.5, 0.6) is 0 Å². The molecular weight excluding hydrogens is 526 g/mol. The average Bonchev–Trinajstić information content (AvgIpc) is 3.43. The molecule has 0 bridgehead atoms. The van der Waals surface area contributed by atoms with Gasteiger partial charge in [0.25, 0.3) is 11.8 Å². The fourth-order valence-electron chi connectivity index (χ4n) is 3.83. The maximum absolute atomic E-state index is 13.2. The van der Waals surface area contributed by atoms with Crippen molar-refractivity contribution in [2.45, 2.75) is 25.3 Å². The molecule has 1 aromatic heterocycles. The number of anilines is 2. The summed E-state index contributed by atoms with van der Waals surface area (Å²) in [6.45, 7) is 3.81. The molecule has 4 rings (SSSR count). The molecule has 1 atom stereocenters. The average molecular weight is 554 g/mol. The zero-order chi connectivity index (χ0) is 24.7. The molecule has 3 amide bonds. The molecule has 2 fully saturated rings. The normalized spacial score (nSPS) is 20.2. The summed E-state index contributed by atoms with van der Waals surface area (Å²) in [5, 5.41) is 12.8. The third-order valence-corrected chi connectivity index (χ3v) is 7.19. The lowest BCUT2D eigenvalue weighted by Gasteiger charge is -2.28. The third-order valence-electron chi connectivity index (χ3n) is 5.57. The molecule has 0 unspecified atom stereocenters. The van der Waals surface area contributed by atoms with Crippen LogP contribution in [-0.4, -0.2) is 68.4 Å². The van der Waals surface area contributed by atoms with Gasteiger partial charge in [-0.05, 0) is 58.7 Å². The smallest absolute Gasteiger partial charge is 0.262 e. The van der Waals surface area contributed by atoms with Crippen LogP contribution in [0.1, 0.15) is 28.1 Å². The Hall–Kier alpha value is -2.31. The number of aryl methyl sites for hydroxylation is 1. The molecule has 9 nitrogen and oxygen atoms in total. The minimum atomic E-state index is -1.14. The number of hydrogen-bond donors (Lipinski definition) is 3. The van der Waals surface area contributed by atoms with E-state index in [0.717, 1.165) is 22.1 Å². The van der Waals surface area contributed by atoms with Crippen molar-refractivity contribution >= 4 is 56.4 Å². The number of nitrogens with one attached hydrogen (secondary N) is 2. The van der Waals surface area contributed by atoms with Gasteiger partial charge in [0.05, 0.1) is 34.9 Å². The maximum Gasteiger partial charge on any atom is 0.262 e. The molecule has 2 aliphatic rings. The first-order chi connectivity index (χ1) is 16.4. The number of ether oxygens (including phenoxy) is 2. The monoisotopic (exact) mass is 553 g/mol. The van der Waals surface area contributed by atoms with Crippen molar-refractivity contribution in [1.29, 1.82) is 0 Å². The molecule has 3 heterocycles. The van der Waals surface area contributed by atoms with E-state index in [1.807, 2.05) is 19.1 Å². The molecule has 0 radical (unpaired) electrons. The van der Waals surface area contributed by atoms with Crippen LogP contribution in [-0.2, 0) is 19.1 Å². The summed E-state index contributed by atoms with van der Waals surface area (Å²) in [6, 6.07) is 8.93. The fraction of sp³-hybridized carbons (Fsp3) is 0.435. The highest BCUT2D eigenvalue weighted by atomic mass is 79.9. The Labute approximate surface area is 210 Å². The summed E-state index contributed by atoms with van der Waals surface area (Å²) in [4.78, 5) is 40.5. The van der Waals surface area contributed by atoms with Crippen LogP contribution < -0.4 is 15.5 Å². The SMILES string of the molecule is CO.Cc1cc(NC(=O)[C@]2(NC(=O)c3ccc(Br)s3)CCOC2)ccc1N1CCOCCC1=O. The summed E-state index contributed by atoms with van der Waals surface area (Å²) < 4.78 is 11.7. The van der Waals surface area contributed by atoms with E-state index in [2.05, 4.69) is 26.6 Å². The number of rotatable bonds is 5. The highest BCUT2D eigenvalue weighted by molar-refractivity contribution is 9.11. The van der Waals surface area contributed by atoms with Gasteiger partial charge in [0, 0.05) is 38.1 Å². The van der Waals surface area contributed by atoms with Crippen LogP contribution in [0.4, 0.5) is 11.4 Å². The maximum atomic E-state index is 13.2. The minimum absolute atomic E-state index is 0.0207. The van der Waals surface area contributed by atoms with Crippen molar-refractivity contribution in [3.8, 4) is 0 Å². The van der Waals surface area contributed by atoms with Crippen LogP contribution in [0.25, 0.3) is 0 Å². The standard InChI is InChI=1S/C22H24BrN3O5S.CH4O/c1-14-12-15(2-3-16(14)26-8-11-30-9-6-19(26)27)24-21(29)22(7-10-31-13-22)25-20(28)17-4-5-18(23)32-17;1-2/h2-5,12H,6-11,13H2,1H3,(H,24,29)(H,25,28);2H,1H3/t22-;/m0./s1. The van der Waals surface area contributed by atoms with E-state index in [-0.39, 0.29) is 24.3 Å². The first kappa shape index (κ1) is 26.3. The van der Waals surface area contributed by atoms with Crippen molar-refractivity contribution in [3.63, 3.8) is 0 Å². The van der Waals surface area contributed by atoms with E-state index in [4.69, 9.17) is 14.6 Å². The lowest BCUT2D eigenvalue weighted by atomic mass is 9.96. The van der Waals surface area contributed by atoms with E-state index in [0.29, 0.717) is 49.8 Å². The summed E-state index contributed by atoms with van der Waals surface area (Å²) in [5.74, 6) is -0.618. The van der Waals surface area contributed by atoms with Crippen molar-refractivity contribution < 1.29 is 29.0 Å². The second-order valence-electron chi connectivity index (χ2n) is 7.81. The van der Waals surface area contributed by atoms with Crippen LogP contribution >= 0.6 is 27.3 Å². The molecule has 3 N–H and O–H groups in total. The summed E-state index contributed by atoms with van der Waals surface area (Å²) >= 11 is 4.66. The lowest BCUT2D eigenvalue weighted by molar-refractivity contribution is -0.122. The molecule has 2 saturated heterocycles. The number of carbonyl (C=O) groups excluding carboxylic acids is 3. The Bertz CT molecular complexity index is 1040. The Morgan fingerprint density at radius 1 is 1.15 bits per heavy atom. The number of benzene rings is 1. The van der Waals surface area contributed by atoms with Gasteiger partial charge in [-0.1, -0.05) is 0 Å². The molecule has 2 aromatic rings. The summed E-state index contributed by atoms with van der Waals surface area (Å²) in [6.07, 6.45) is 0.734. The quantitative estimate of drug-likeness (QED) is 0.524. The number of nitrogens with zero attached hydrogens (tertiary/aromatic N) is 1. The van der Waals surface area contributed by atoms with Crippen LogP contribution in [0.2, 0.25) is 0 Å². The van der Waals surface area contributed by atoms with E-state index in [1.165, 1.54) is 11.3 Å². The number of amides is 3. The van der Waals surface area contributed by atoms with Gasteiger partial charge in [0.1, 0.15) is 5.54 Å². The molecule has 184 valence electrons. The molecule has 11 heteroatoms. The first-order valence-electron chi connectivity index (χ1n) is 10.8. The molecule has 0 saturated carbocycles. The predicted molar refractivity (Wildman–Crippen MR) is 133 cm³/mol. The highest BCUT2D eigenvalue weighted by Gasteiger charge is 2.44. The van der Waals surface area contributed by atoms with E-state index in [9.17, 15) is 14.4 Å². The van der Waals surface area contributed by atoms with Crippen molar-refractivity contribution in [3.05, 3.63) is 44.6 Å². The number of aliphatic hydroxyl groups excluding tert-OH is 1. The number of aliphatic hydroxyl groups is 1. The highest BCUT2D eigenvalue weighted by Crippen LogP contribution is 2.28. The molecule has 2 aliphatic heterocycles. The topological polar surface area (TPSA) is 117 Å². The van der Waals surface area contributed by atoms with Gasteiger partial charge in [0.15, 0.2) is 0 Å². The number of hydrogen-bond acceptors (Lipinski definition) is 7. The van der Waals surface area contributed by atoms with E-state index >= 15 is 0 Å². The van der Waals surface area contributed by atoms with Crippen LogP contribution in [0, 0.1) is 6.92 Å². The van der Waals surface area contributed by atoms with Crippen LogP contribution in [0.3, 0.4) is 0 Å². The van der Waals surface area contributed by atoms with Gasteiger partial charge in [-0.25, -0.2) is 0 Å². The first-order valence-corrected chi connectivity index (χ1v) is 12.4. The van der Waals surface area contributed by atoms with E-state index < -0.39 is 5.54 Å². The second kappa shape index (κ2) is 11.9. The van der Waals surface area contributed by atoms with Crippen molar-refractivity contribution in [2.24, 2.45) is 0 Å². The second-order valence-corrected chi connectivity index (χ2v) is 10.3. The Balaban J connectivity index is 0.00000158. The molecule has 1 aromatic carbocycles. The minimum Gasteiger partial charge on any atom is -0.400 e.